The standard InChI is InChI=1S/C23H30N8O2/c1-14-20(23(33)31(28-14)17-9-3-2-4-10-17)25-24-19-12-6-11-18(21(19)32)15-7-5-8-16(13-15)22-26-29-30-27-22/h6,11-12,15-17,24,32H,2-5,7-10,13H2,1H3,(H,26,27,29,30)/b25-20+. The molecular formula is C23H30N8O2. The van der Waals surface area contributed by atoms with Crippen LogP contribution in [-0.4, -0.2) is 54.1 Å². The van der Waals surface area contributed by atoms with E-state index in [1.165, 1.54) is 6.42 Å². The van der Waals surface area contributed by atoms with E-state index < -0.39 is 0 Å². The first-order valence-corrected chi connectivity index (χ1v) is 11.9. The highest BCUT2D eigenvalue weighted by Crippen LogP contribution is 2.44. The fraction of sp³-hybridized carbons (Fsp3) is 0.565. The zero-order valence-corrected chi connectivity index (χ0v) is 18.9. The molecule has 174 valence electrons. The van der Waals surface area contributed by atoms with E-state index in [-0.39, 0.29) is 29.5 Å². The Bertz CT molecular complexity index is 1060. The Hall–Kier alpha value is -3.30. The van der Waals surface area contributed by atoms with Gasteiger partial charge in [0.05, 0.1) is 17.4 Å². The number of anilines is 1. The third kappa shape index (κ3) is 4.34. The number of carbonyl (C=O) groups is 1. The summed E-state index contributed by atoms with van der Waals surface area (Å²) in [4.78, 5) is 12.9. The lowest BCUT2D eigenvalue weighted by Crippen LogP contribution is -2.37. The van der Waals surface area contributed by atoms with Crippen LogP contribution in [0.15, 0.2) is 28.4 Å². The highest BCUT2D eigenvalue weighted by Gasteiger charge is 2.35. The molecule has 1 aliphatic heterocycles. The summed E-state index contributed by atoms with van der Waals surface area (Å²) in [5.74, 6) is 1.25. The van der Waals surface area contributed by atoms with Gasteiger partial charge in [0.25, 0.3) is 5.91 Å². The fourth-order valence-corrected chi connectivity index (χ4v) is 5.38. The summed E-state index contributed by atoms with van der Waals surface area (Å²) in [6, 6.07) is 5.79. The first-order valence-electron chi connectivity index (χ1n) is 11.9. The number of aromatic hydroxyl groups is 1. The number of benzene rings is 1. The number of hydrogen-bond donors (Lipinski definition) is 3. The molecule has 33 heavy (non-hydrogen) atoms. The van der Waals surface area contributed by atoms with E-state index in [4.69, 9.17) is 0 Å². The second kappa shape index (κ2) is 9.29. The Morgan fingerprint density at radius 1 is 1.12 bits per heavy atom. The minimum atomic E-state index is -0.168. The predicted molar refractivity (Wildman–Crippen MR) is 124 cm³/mol. The van der Waals surface area contributed by atoms with E-state index in [0.717, 1.165) is 62.8 Å². The van der Waals surface area contributed by atoms with Gasteiger partial charge >= 0.3 is 0 Å². The van der Waals surface area contributed by atoms with Crippen molar-refractivity contribution in [2.45, 2.75) is 82.6 Å². The van der Waals surface area contributed by atoms with Gasteiger partial charge in [-0.1, -0.05) is 37.8 Å². The van der Waals surface area contributed by atoms with Gasteiger partial charge in [-0.15, -0.1) is 5.10 Å². The first kappa shape index (κ1) is 21.5. The number of phenolic OH excluding ortho intramolecular Hbond substituents is 1. The normalized spacial score (nSPS) is 25.5. The maximum atomic E-state index is 12.9. The smallest absolute Gasteiger partial charge is 0.296 e. The predicted octanol–water partition coefficient (Wildman–Crippen LogP) is 3.67. The number of tetrazole rings is 1. The van der Waals surface area contributed by atoms with Gasteiger partial charge in [-0.05, 0) is 67.0 Å². The molecule has 2 fully saturated rings. The third-order valence-corrected chi connectivity index (χ3v) is 7.15. The third-order valence-electron chi connectivity index (χ3n) is 7.15. The number of nitrogens with zero attached hydrogens (tertiary/aromatic N) is 6. The van der Waals surface area contributed by atoms with Crippen LogP contribution in [0.4, 0.5) is 5.69 Å². The van der Waals surface area contributed by atoms with Crippen molar-refractivity contribution in [1.29, 1.82) is 0 Å². The molecule has 10 heteroatoms. The highest BCUT2D eigenvalue weighted by molar-refractivity contribution is 6.68. The van der Waals surface area contributed by atoms with Crippen LogP contribution in [0, 0.1) is 0 Å². The number of para-hydroxylation sites is 1. The van der Waals surface area contributed by atoms with Gasteiger partial charge in [0.15, 0.2) is 11.5 Å². The number of H-pyrrole nitrogens is 1. The van der Waals surface area contributed by atoms with Crippen LogP contribution in [0.5, 0.6) is 5.75 Å². The number of nitrogens with one attached hydrogen (secondary N) is 2. The summed E-state index contributed by atoms with van der Waals surface area (Å²) in [6.45, 7) is 1.80. The fourth-order valence-electron chi connectivity index (χ4n) is 5.38. The maximum absolute atomic E-state index is 12.9. The van der Waals surface area contributed by atoms with Crippen LogP contribution in [0.1, 0.15) is 87.9 Å². The van der Waals surface area contributed by atoms with Gasteiger partial charge in [0, 0.05) is 5.92 Å². The number of aromatic amines is 1. The van der Waals surface area contributed by atoms with Gasteiger partial charge in [-0.25, -0.2) is 10.1 Å². The van der Waals surface area contributed by atoms with E-state index in [0.29, 0.717) is 17.1 Å². The molecule has 1 amide bonds. The highest BCUT2D eigenvalue weighted by atomic mass is 16.3. The van der Waals surface area contributed by atoms with Crippen LogP contribution < -0.4 is 5.43 Å². The van der Waals surface area contributed by atoms with Gasteiger partial charge in [-0.3, -0.25) is 10.2 Å². The van der Waals surface area contributed by atoms with Gasteiger partial charge in [0.2, 0.25) is 0 Å². The van der Waals surface area contributed by atoms with Gasteiger partial charge in [-0.2, -0.15) is 10.2 Å². The van der Waals surface area contributed by atoms with Crippen molar-refractivity contribution in [3.8, 4) is 5.75 Å². The monoisotopic (exact) mass is 450 g/mol. The molecule has 3 N–H and O–H groups in total. The van der Waals surface area contributed by atoms with E-state index in [1.54, 1.807) is 18.0 Å². The summed E-state index contributed by atoms with van der Waals surface area (Å²) in [7, 11) is 0. The molecule has 1 aromatic heterocycles. The molecule has 3 aliphatic rings. The average molecular weight is 451 g/mol. The minimum Gasteiger partial charge on any atom is -0.505 e. The summed E-state index contributed by atoms with van der Waals surface area (Å²) < 4.78 is 0. The van der Waals surface area contributed by atoms with Crippen molar-refractivity contribution >= 4 is 23.0 Å². The largest absolute Gasteiger partial charge is 0.505 e. The molecule has 2 aliphatic carbocycles. The van der Waals surface area contributed by atoms with E-state index in [9.17, 15) is 9.90 Å². The molecule has 2 saturated carbocycles. The van der Waals surface area contributed by atoms with Gasteiger partial charge < -0.3 is 5.11 Å². The molecule has 0 bridgehead atoms. The second-order valence-corrected chi connectivity index (χ2v) is 9.29. The van der Waals surface area contributed by atoms with Crippen LogP contribution in [0.25, 0.3) is 0 Å². The minimum absolute atomic E-state index is 0.157. The molecule has 0 spiro atoms. The van der Waals surface area contributed by atoms with Crippen LogP contribution in [0.3, 0.4) is 0 Å². The number of rotatable bonds is 5. The average Bonchev–Trinajstić information content (AvgIpc) is 3.48. The topological polar surface area (TPSA) is 132 Å². The molecule has 10 nitrogen and oxygen atoms in total. The summed E-state index contributed by atoms with van der Waals surface area (Å²) >= 11 is 0. The molecule has 0 saturated heterocycles. The molecule has 0 radical (unpaired) electrons. The van der Waals surface area contributed by atoms with Crippen molar-refractivity contribution in [1.82, 2.24) is 25.6 Å². The zero-order chi connectivity index (χ0) is 22.8. The number of aromatic nitrogens is 4. The molecule has 2 unspecified atom stereocenters. The van der Waals surface area contributed by atoms with Crippen molar-refractivity contribution in [3.05, 3.63) is 29.6 Å². The lowest BCUT2D eigenvalue weighted by Gasteiger charge is -2.28. The van der Waals surface area contributed by atoms with Crippen molar-refractivity contribution in [2.75, 3.05) is 5.43 Å². The Morgan fingerprint density at radius 2 is 1.94 bits per heavy atom. The SMILES string of the molecule is CC1=NN(C2CCCCC2)C(=O)/C1=N/Nc1cccc(C2CCCC(c3nnn[nH]3)C2)c1O. The summed E-state index contributed by atoms with van der Waals surface area (Å²) in [5.41, 5.74) is 5.20. The molecule has 2 atom stereocenters. The Morgan fingerprint density at radius 3 is 2.73 bits per heavy atom. The summed E-state index contributed by atoms with van der Waals surface area (Å²) in [6.07, 6.45) is 9.36. The van der Waals surface area contributed by atoms with E-state index in [1.807, 2.05) is 12.1 Å². The Kier molecular flexibility index (Phi) is 6.06. The number of carbonyl (C=O) groups excluding carboxylic acids is 1. The van der Waals surface area contributed by atoms with Crippen LogP contribution >= 0.6 is 0 Å². The number of hydrogen-bond acceptors (Lipinski definition) is 8. The quantitative estimate of drug-likeness (QED) is 0.470. The second-order valence-electron chi connectivity index (χ2n) is 9.29. The number of phenols is 1. The maximum Gasteiger partial charge on any atom is 0.296 e. The molecule has 5 rings (SSSR count). The molecule has 2 heterocycles. The number of hydrazone groups is 2. The van der Waals surface area contributed by atoms with E-state index in [2.05, 4.69) is 36.3 Å². The lowest BCUT2D eigenvalue weighted by molar-refractivity contribution is -0.126. The zero-order valence-electron chi connectivity index (χ0n) is 18.9. The lowest BCUT2D eigenvalue weighted by atomic mass is 9.77. The molecule has 2 aromatic rings. The Labute approximate surface area is 192 Å². The van der Waals surface area contributed by atoms with Crippen molar-refractivity contribution < 1.29 is 9.90 Å². The molecular weight excluding hydrogens is 420 g/mol. The summed E-state index contributed by atoms with van der Waals surface area (Å²) in [5, 5.41) is 35.8. The van der Waals surface area contributed by atoms with E-state index >= 15 is 0 Å². The van der Waals surface area contributed by atoms with Gasteiger partial charge in [0.1, 0.15) is 5.75 Å². The van der Waals surface area contributed by atoms with Crippen molar-refractivity contribution in [3.63, 3.8) is 0 Å². The van der Waals surface area contributed by atoms with Crippen LogP contribution in [-0.2, 0) is 4.79 Å². The van der Waals surface area contributed by atoms with Crippen molar-refractivity contribution in [2.24, 2.45) is 10.2 Å². The Balaban J connectivity index is 1.31. The first-order chi connectivity index (χ1) is 16.1. The number of amides is 1. The molecule has 1 aromatic carbocycles. The van der Waals surface area contributed by atoms with Crippen LogP contribution in [0.2, 0.25) is 0 Å².